The van der Waals surface area contributed by atoms with E-state index >= 15 is 0 Å². The number of carbonyl (C=O) groups is 1. The number of rotatable bonds is 6. The maximum atomic E-state index is 13.1. The third-order valence-corrected chi connectivity index (χ3v) is 3.00. The Hall–Kier alpha value is -1.69. The molecule has 19 heavy (non-hydrogen) atoms. The zero-order chi connectivity index (χ0) is 14.4. The number of hydrogen-bond acceptors (Lipinski definition) is 3. The molecule has 1 aromatic rings. The van der Waals surface area contributed by atoms with E-state index < -0.39 is 17.5 Å². The lowest BCUT2D eigenvalue weighted by molar-refractivity contribution is 0.0944. The average Bonchev–Trinajstić information content (AvgIpc) is 2.38. The van der Waals surface area contributed by atoms with Crippen LogP contribution >= 0.6 is 0 Å². The standard InChI is InChI=1S/C13H18F2N2O2/c1-2-8(3-4-18)7-17-13(19)9-5-10(14)11(15)6-12(9)16/h5-6,8,18H,2-4,7,16H2,1H3,(H,17,19). The number of carbonyl (C=O) groups excluding carboxylic acids is 1. The molecule has 0 spiro atoms. The van der Waals surface area contributed by atoms with Crippen LogP contribution in [-0.4, -0.2) is 24.2 Å². The number of amides is 1. The van der Waals surface area contributed by atoms with Crippen LogP contribution in [0.15, 0.2) is 12.1 Å². The number of nitrogens with one attached hydrogen (secondary N) is 1. The quantitative estimate of drug-likeness (QED) is 0.690. The van der Waals surface area contributed by atoms with Crippen molar-refractivity contribution in [1.82, 2.24) is 5.32 Å². The minimum Gasteiger partial charge on any atom is -0.398 e. The van der Waals surface area contributed by atoms with Gasteiger partial charge in [-0.15, -0.1) is 0 Å². The van der Waals surface area contributed by atoms with Crippen molar-refractivity contribution in [3.05, 3.63) is 29.3 Å². The second kappa shape index (κ2) is 7.04. The molecule has 0 saturated heterocycles. The van der Waals surface area contributed by atoms with E-state index in [1.165, 1.54) is 0 Å². The summed E-state index contributed by atoms with van der Waals surface area (Å²) >= 11 is 0. The van der Waals surface area contributed by atoms with E-state index in [1.807, 2.05) is 6.92 Å². The molecule has 0 bridgehead atoms. The van der Waals surface area contributed by atoms with Gasteiger partial charge in [0.2, 0.25) is 0 Å². The summed E-state index contributed by atoms with van der Waals surface area (Å²) in [4.78, 5) is 11.8. The number of anilines is 1. The van der Waals surface area contributed by atoms with Gasteiger partial charge >= 0.3 is 0 Å². The summed E-state index contributed by atoms with van der Waals surface area (Å²) in [5.74, 6) is -2.60. The number of halogens is 2. The molecule has 0 aliphatic rings. The zero-order valence-corrected chi connectivity index (χ0v) is 10.7. The third-order valence-electron chi connectivity index (χ3n) is 3.00. The number of benzene rings is 1. The molecule has 0 aliphatic carbocycles. The molecule has 6 heteroatoms. The normalized spacial score (nSPS) is 12.2. The molecular formula is C13H18F2N2O2. The first kappa shape index (κ1) is 15.4. The molecule has 0 aromatic heterocycles. The summed E-state index contributed by atoms with van der Waals surface area (Å²) in [6.45, 7) is 2.34. The van der Waals surface area contributed by atoms with Crippen molar-refractivity contribution in [2.24, 2.45) is 5.92 Å². The van der Waals surface area contributed by atoms with E-state index in [1.54, 1.807) is 0 Å². The largest absolute Gasteiger partial charge is 0.398 e. The van der Waals surface area contributed by atoms with Crippen LogP contribution in [0.1, 0.15) is 30.1 Å². The van der Waals surface area contributed by atoms with Gasteiger partial charge in [-0.3, -0.25) is 4.79 Å². The molecule has 1 aromatic carbocycles. The van der Waals surface area contributed by atoms with Gasteiger partial charge in [-0.1, -0.05) is 13.3 Å². The molecule has 1 amide bonds. The van der Waals surface area contributed by atoms with E-state index in [9.17, 15) is 13.6 Å². The Balaban J connectivity index is 2.70. The lowest BCUT2D eigenvalue weighted by atomic mass is 10.0. The summed E-state index contributed by atoms with van der Waals surface area (Å²) in [7, 11) is 0. The summed E-state index contributed by atoms with van der Waals surface area (Å²) in [6.07, 6.45) is 1.37. The SMILES string of the molecule is CCC(CCO)CNC(=O)c1cc(F)c(F)cc1N. The molecule has 0 radical (unpaired) electrons. The Morgan fingerprint density at radius 2 is 2.05 bits per heavy atom. The first-order valence-electron chi connectivity index (χ1n) is 6.13. The van der Waals surface area contributed by atoms with Crippen LogP contribution in [0.25, 0.3) is 0 Å². The van der Waals surface area contributed by atoms with Gasteiger partial charge in [-0.2, -0.15) is 0 Å². The van der Waals surface area contributed by atoms with Crippen molar-refractivity contribution in [1.29, 1.82) is 0 Å². The van der Waals surface area contributed by atoms with Gasteiger partial charge in [0.05, 0.1) is 5.56 Å². The summed E-state index contributed by atoms with van der Waals surface area (Å²) in [5, 5.41) is 11.4. The van der Waals surface area contributed by atoms with Crippen molar-refractivity contribution in [3.8, 4) is 0 Å². The zero-order valence-electron chi connectivity index (χ0n) is 10.7. The fourth-order valence-electron chi connectivity index (χ4n) is 1.72. The van der Waals surface area contributed by atoms with Gasteiger partial charge in [0.25, 0.3) is 5.91 Å². The van der Waals surface area contributed by atoms with E-state index in [2.05, 4.69) is 5.32 Å². The van der Waals surface area contributed by atoms with Gasteiger partial charge < -0.3 is 16.2 Å². The summed E-state index contributed by atoms with van der Waals surface area (Å²) < 4.78 is 25.9. The van der Waals surface area contributed by atoms with Gasteiger partial charge in [0, 0.05) is 24.9 Å². The van der Waals surface area contributed by atoms with Gasteiger partial charge in [-0.25, -0.2) is 8.78 Å². The molecule has 1 atom stereocenters. The van der Waals surface area contributed by atoms with Crippen molar-refractivity contribution in [3.63, 3.8) is 0 Å². The van der Waals surface area contributed by atoms with Crippen LogP contribution in [0.5, 0.6) is 0 Å². The molecule has 0 fully saturated rings. The first-order chi connectivity index (χ1) is 8.99. The molecule has 0 aliphatic heterocycles. The first-order valence-corrected chi connectivity index (χ1v) is 6.13. The smallest absolute Gasteiger partial charge is 0.253 e. The average molecular weight is 272 g/mol. The Kier molecular flexibility index (Phi) is 5.69. The molecule has 106 valence electrons. The molecule has 1 unspecified atom stereocenters. The highest BCUT2D eigenvalue weighted by molar-refractivity contribution is 5.99. The minimum atomic E-state index is -1.11. The predicted molar refractivity (Wildman–Crippen MR) is 68.6 cm³/mol. The molecule has 4 nitrogen and oxygen atoms in total. The van der Waals surface area contributed by atoms with Crippen LogP contribution in [0.4, 0.5) is 14.5 Å². The molecular weight excluding hydrogens is 254 g/mol. The van der Waals surface area contributed by atoms with E-state index in [-0.39, 0.29) is 23.8 Å². The summed E-state index contributed by atoms with van der Waals surface area (Å²) in [5.41, 5.74) is 5.29. The second-order valence-electron chi connectivity index (χ2n) is 4.35. The van der Waals surface area contributed by atoms with Gasteiger partial charge in [0.1, 0.15) is 0 Å². The van der Waals surface area contributed by atoms with E-state index in [0.717, 1.165) is 18.6 Å². The molecule has 1 rings (SSSR count). The Bertz CT molecular complexity index is 453. The maximum Gasteiger partial charge on any atom is 0.253 e. The molecule has 0 heterocycles. The Morgan fingerprint density at radius 1 is 1.42 bits per heavy atom. The third kappa shape index (κ3) is 4.17. The number of nitrogen functional groups attached to an aromatic ring is 1. The Morgan fingerprint density at radius 3 is 2.63 bits per heavy atom. The van der Waals surface area contributed by atoms with Crippen LogP contribution < -0.4 is 11.1 Å². The predicted octanol–water partition coefficient (Wildman–Crippen LogP) is 1.69. The van der Waals surface area contributed by atoms with Crippen LogP contribution in [0.3, 0.4) is 0 Å². The lowest BCUT2D eigenvalue weighted by Crippen LogP contribution is -2.30. The van der Waals surface area contributed by atoms with Gasteiger partial charge in [-0.05, 0) is 18.4 Å². The van der Waals surface area contributed by atoms with Crippen LogP contribution in [0.2, 0.25) is 0 Å². The van der Waals surface area contributed by atoms with E-state index in [0.29, 0.717) is 13.0 Å². The Labute approximate surface area is 110 Å². The van der Waals surface area contributed by atoms with Gasteiger partial charge in [0.15, 0.2) is 11.6 Å². The second-order valence-corrected chi connectivity index (χ2v) is 4.35. The minimum absolute atomic E-state index is 0.0433. The highest BCUT2D eigenvalue weighted by Gasteiger charge is 2.15. The fraction of sp³-hybridized carbons (Fsp3) is 0.462. The summed E-state index contributed by atoms with van der Waals surface area (Å²) in [6, 6.07) is 1.57. The molecule has 0 saturated carbocycles. The number of nitrogens with two attached hydrogens (primary N) is 1. The number of aliphatic hydroxyl groups is 1. The van der Waals surface area contributed by atoms with Crippen molar-refractivity contribution >= 4 is 11.6 Å². The fourth-order valence-corrected chi connectivity index (χ4v) is 1.72. The monoisotopic (exact) mass is 272 g/mol. The van der Waals surface area contributed by atoms with Crippen molar-refractivity contribution in [2.75, 3.05) is 18.9 Å². The van der Waals surface area contributed by atoms with Crippen LogP contribution in [-0.2, 0) is 0 Å². The topological polar surface area (TPSA) is 75.3 Å². The lowest BCUT2D eigenvalue weighted by Gasteiger charge is -2.15. The number of aliphatic hydroxyl groups excluding tert-OH is 1. The van der Waals surface area contributed by atoms with Crippen LogP contribution in [0, 0.1) is 17.6 Å². The van der Waals surface area contributed by atoms with Crippen molar-refractivity contribution in [2.45, 2.75) is 19.8 Å². The molecule has 4 N–H and O–H groups in total. The van der Waals surface area contributed by atoms with Crippen molar-refractivity contribution < 1.29 is 18.7 Å². The van der Waals surface area contributed by atoms with E-state index in [4.69, 9.17) is 10.8 Å². The maximum absolute atomic E-state index is 13.1. The highest BCUT2D eigenvalue weighted by Crippen LogP contribution is 2.17. The number of hydrogen-bond donors (Lipinski definition) is 3. The highest BCUT2D eigenvalue weighted by atomic mass is 19.2.